The number of ether oxygens (including phenoxy) is 1. The molecule has 2 aromatic carbocycles. The molecule has 3 aromatic rings. The Balaban J connectivity index is 2.01. The molecule has 0 aliphatic carbocycles. The number of benzene rings is 2. The van der Waals surface area contributed by atoms with E-state index in [-0.39, 0.29) is 33.6 Å². The van der Waals surface area contributed by atoms with Gasteiger partial charge in [0.15, 0.2) is 0 Å². The van der Waals surface area contributed by atoms with E-state index in [0.717, 1.165) is 17.6 Å². The second kappa shape index (κ2) is 15.9. The molecule has 1 unspecified atom stereocenters. The molecule has 1 aromatic heterocycles. The first-order valence-corrected chi connectivity index (χ1v) is 20.2. The molecule has 12 nitrogen and oxygen atoms in total. The number of thiophene rings is 1. The number of urea groups is 1. The highest BCUT2D eigenvalue weighted by Crippen LogP contribution is 2.39. The number of nitrogens with one attached hydrogen (secondary N) is 4. The summed E-state index contributed by atoms with van der Waals surface area (Å²) in [5.41, 5.74) is 7.34. The van der Waals surface area contributed by atoms with Crippen LogP contribution in [0.4, 0.5) is 21.0 Å². The van der Waals surface area contributed by atoms with Crippen LogP contribution in [0.3, 0.4) is 0 Å². The van der Waals surface area contributed by atoms with Gasteiger partial charge >= 0.3 is 12.1 Å². The van der Waals surface area contributed by atoms with Gasteiger partial charge in [-0.1, -0.05) is 19.1 Å². The fraction of sp³-hybridized carbons (Fsp3) is 0.345. The number of nitrogens with two attached hydrogens (primary N) is 1. The molecule has 247 valence electrons. The van der Waals surface area contributed by atoms with Gasteiger partial charge in [-0.3, -0.25) is 10.7 Å². The number of sulfone groups is 2. The van der Waals surface area contributed by atoms with Crippen LogP contribution >= 0.6 is 23.1 Å². The number of amides is 3. The average Bonchev–Trinajstić information content (AvgIpc) is 3.42. The van der Waals surface area contributed by atoms with Gasteiger partial charge in [0.1, 0.15) is 15.7 Å². The first kappa shape index (κ1) is 37.1. The lowest BCUT2D eigenvalue weighted by molar-refractivity contribution is 0.146. The van der Waals surface area contributed by atoms with Crippen molar-refractivity contribution in [1.82, 2.24) is 5.32 Å². The smallest absolute Gasteiger partial charge is 0.411 e. The summed E-state index contributed by atoms with van der Waals surface area (Å²) in [6.45, 7) is 3.81. The molecule has 0 aliphatic heterocycles. The maximum atomic E-state index is 13.8. The minimum absolute atomic E-state index is 0.00220. The van der Waals surface area contributed by atoms with E-state index in [2.05, 4.69) is 26.2 Å². The van der Waals surface area contributed by atoms with Crippen molar-refractivity contribution in [3.05, 3.63) is 52.9 Å². The lowest BCUT2D eigenvalue weighted by atomic mass is 9.97. The fourth-order valence-corrected chi connectivity index (χ4v) is 9.06. The highest BCUT2D eigenvalue weighted by molar-refractivity contribution is 8.01. The molecule has 17 heteroatoms. The summed E-state index contributed by atoms with van der Waals surface area (Å²) in [4.78, 5) is 25.8. The summed E-state index contributed by atoms with van der Waals surface area (Å²) < 4.78 is 56.1. The molecule has 3 radical (unpaired) electrons. The first-order chi connectivity index (χ1) is 21.5. The van der Waals surface area contributed by atoms with Crippen LogP contribution in [0.15, 0.2) is 56.5 Å². The molecule has 3 rings (SSSR count). The largest absolute Gasteiger partial charge is 0.451 e. The number of thioether (sulfide) groups is 1. The molecular weight excluding hydrogens is 687 g/mol. The molecule has 6 N–H and O–H groups in total. The second-order valence-electron chi connectivity index (χ2n) is 10.3. The van der Waals surface area contributed by atoms with E-state index in [1.807, 2.05) is 6.92 Å². The van der Waals surface area contributed by atoms with E-state index in [1.165, 1.54) is 36.0 Å². The summed E-state index contributed by atoms with van der Waals surface area (Å²) in [6, 6.07) is 10.3. The number of unbranched alkanes of at least 4 members (excludes halogenated alkanes) is 1. The molecule has 1 heterocycles. The van der Waals surface area contributed by atoms with Crippen molar-refractivity contribution in [1.29, 1.82) is 5.41 Å². The molecule has 0 aliphatic rings. The maximum absolute atomic E-state index is 13.8. The van der Waals surface area contributed by atoms with Crippen molar-refractivity contribution in [3.63, 3.8) is 0 Å². The Morgan fingerprint density at radius 2 is 1.83 bits per heavy atom. The Bertz CT molecular complexity index is 1830. The predicted molar refractivity (Wildman–Crippen MR) is 185 cm³/mol. The standard InChI is InChI=1S/C29H36N5O7S4Si/c1-5-24(46)41-29(36)33-19-13-17(2)25(21(15-19)34-28(35)32-11-6-7-12-44(4,37)38)18-9-8-10-20(14-18)45(39,40)23-16-22(26(30)31)43-27(23)42-3/h8-10,13-16,24H,5-7,11-12H2,1-4H3,(H3,30,31)(H,33,36)(H2,32,34,35). The highest BCUT2D eigenvalue weighted by Gasteiger charge is 2.26. The Morgan fingerprint density at radius 3 is 2.46 bits per heavy atom. The van der Waals surface area contributed by atoms with Crippen molar-refractivity contribution in [2.75, 3.05) is 35.4 Å². The molecule has 0 saturated heterocycles. The Labute approximate surface area is 281 Å². The van der Waals surface area contributed by atoms with Crippen molar-refractivity contribution >= 4 is 82.4 Å². The summed E-state index contributed by atoms with van der Waals surface area (Å²) >= 11 is 2.37. The maximum Gasteiger partial charge on any atom is 0.411 e. The van der Waals surface area contributed by atoms with E-state index in [9.17, 15) is 26.4 Å². The molecule has 3 amide bonds. The molecule has 46 heavy (non-hydrogen) atoms. The van der Waals surface area contributed by atoms with E-state index in [0.29, 0.717) is 50.7 Å². The van der Waals surface area contributed by atoms with Crippen LogP contribution in [0.1, 0.15) is 36.6 Å². The summed E-state index contributed by atoms with van der Waals surface area (Å²) in [5, 5.41) is 15.9. The van der Waals surface area contributed by atoms with Crippen LogP contribution in [0, 0.1) is 12.3 Å². The quantitative estimate of drug-likeness (QED) is 0.0502. The monoisotopic (exact) mass is 722 g/mol. The number of carbonyl (C=O) groups is 2. The summed E-state index contributed by atoms with van der Waals surface area (Å²) in [6.07, 6.45) is 3.55. The van der Waals surface area contributed by atoms with Gasteiger partial charge in [-0.15, -0.1) is 23.1 Å². The fourth-order valence-electron chi connectivity index (χ4n) is 4.32. The van der Waals surface area contributed by atoms with Gasteiger partial charge in [0.2, 0.25) is 9.84 Å². The topological polar surface area (TPSA) is 198 Å². The number of hydrogen-bond donors (Lipinski definition) is 5. The number of carbonyl (C=O) groups excluding carboxylic acids is 2. The molecule has 1 atom stereocenters. The van der Waals surface area contributed by atoms with Gasteiger partial charge < -0.3 is 21.1 Å². The van der Waals surface area contributed by atoms with Crippen LogP contribution in [-0.2, 0) is 24.4 Å². The molecule has 0 saturated carbocycles. The van der Waals surface area contributed by atoms with E-state index in [1.54, 1.807) is 31.4 Å². The molecule has 0 bridgehead atoms. The zero-order valence-corrected chi connectivity index (χ0v) is 30.0. The third-order valence-electron chi connectivity index (χ3n) is 6.52. The number of nitrogen functional groups attached to an aromatic ring is 1. The van der Waals surface area contributed by atoms with Crippen molar-refractivity contribution < 1.29 is 31.2 Å². The minimum Gasteiger partial charge on any atom is -0.451 e. The molecular formula is C29H36N5O7S4Si. The van der Waals surface area contributed by atoms with E-state index in [4.69, 9.17) is 15.9 Å². The number of aryl methyl sites for hydroxylation is 1. The van der Waals surface area contributed by atoms with Crippen LogP contribution in [-0.4, -0.2) is 75.6 Å². The predicted octanol–water partition coefficient (Wildman–Crippen LogP) is 4.96. The summed E-state index contributed by atoms with van der Waals surface area (Å²) in [5.74, 6) is -0.218. The van der Waals surface area contributed by atoms with Gasteiger partial charge in [-0.25, -0.2) is 26.4 Å². The van der Waals surface area contributed by atoms with Gasteiger partial charge in [0, 0.05) is 29.8 Å². The van der Waals surface area contributed by atoms with Crippen LogP contribution in [0.5, 0.6) is 0 Å². The lowest BCUT2D eigenvalue weighted by Gasteiger charge is -2.18. The van der Waals surface area contributed by atoms with Gasteiger partial charge in [-0.2, -0.15) is 0 Å². The van der Waals surface area contributed by atoms with Crippen LogP contribution < -0.4 is 21.7 Å². The Hall–Kier alpha value is -3.38. The normalized spacial score (nSPS) is 12.3. The molecule has 0 spiro atoms. The number of hydrogen-bond acceptors (Lipinski definition) is 10. The first-order valence-electron chi connectivity index (χ1n) is 14.0. The van der Waals surface area contributed by atoms with E-state index < -0.39 is 37.5 Å². The van der Waals surface area contributed by atoms with Gasteiger partial charge in [0.05, 0.1) is 40.5 Å². The third-order valence-corrected chi connectivity index (χ3v) is 12.4. The average molecular weight is 723 g/mol. The number of rotatable bonds is 14. The van der Waals surface area contributed by atoms with Crippen molar-refractivity contribution in [3.8, 4) is 11.1 Å². The lowest BCUT2D eigenvalue weighted by Crippen LogP contribution is -2.30. The van der Waals surface area contributed by atoms with Crippen LogP contribution in [0.25, 0.3) is 11.1 Å². The number of amidine groups is 1. The Kier molecular flexibility index (Phi) is 12.9. The van der Waals surface area contributed by atoms with E-state index >= 15 is 0 Å². The van der Waals surface area contributed by atoms with Crippen molar-refractivity contribution in [2.24, 2.45) is 5.73 Å². The van der Waals surface area contributed by atoms with Gasteiger partial charge in [0.25, 0.3) is 0 Å². The molecule has 0 fully saturated rings. The van der Waals surface area contributed by atoms with Crippen molar-refractivity contribution in [2.45, 2.75) is 52.8 Å². The summed E-state index contributed by atoms with van der Waals surface area (Å²) in [7, 11) is -3.83. The highest BCUT2D eigenvalue weighted by atomic mass is 32.2. The number of anilines is 2. The van der Waals surface area contributed by atoms with Crippen LogP contribution in [0.2, 0.25) is 0 Å². The second-order valence-corrected chi connectivity index (χ2v) is 17.2. The minimum atomic E-state index is -4.02. The zero-order valence-electron chi connectivity index (χ0n) is 25.7. The Morgan fingerprint density at radius 1 is 1.11 bits per heavy atom. The zero-order chi connectivity index (χ0) is 34.2. The SMILES string of the molecule is CCC([Si])OC(=O)Nc1cc(C)c(-c2cccc(S(=O)(=O)c3cc(C(=N)N)sc3SC)c2)c(NC(=O)NCCCCS(C)(=O)=O)c1. The third kappa shape index (κ3) is 10.1. The van der Waals surface area contributed by atoms with Gasteiger partial charge in [-0.05, 0) is 73.9 Å².